The van der Waals surface area contributed by atoms with E-state index in [0.29, 0.717) is 45.3 Å². The predicted molar refractivity (Wildman–Crippen MR) is 163 cm³/mol. The highest BCUT2D eigenvalue weighted by Gasteiger charge is 2.42. The number of benzene rings is 1. The van der Waals surface area contributed by atoms with E-state index in [1.807, 2.05) is 47.2 Å². The Morgan fingerprint density at radius 2 is 1.77 bits per heavy atom. The summed E-state index contributed by atoms with van der Waals surface area (Å²) in [5.41, 5.74) is 1.16. The second-order valence-electron chi connectivity index (χ2n) is 11.8. The van der Waals surface area contributed by atoms with Gasteiger partial charge in [0.05, 0.1) is 18.5 Å². The number of ether oxygens (including phenoxy) is 4. The number of allylic oxidation sites excluding steroid dienone is 3. The third-order valence-corrected chi connectivity index (χ3v) is 8.70. The van der Waals surface area contributed by atoms with Crippen molar-refractivity contribution in [2.24, 2.45) is 11.8 Å². The summed E-state index contributed by atoms with van der Waals surface area (Å²) >= 11 is 0. The van der Waals surface area contributed by atoms with Crippen LogP contribution in [-0.2, 0) is 45.0 Å². The molecule has 2 heterocycles. The molecular formula is C33H47NO8S. The lowest BCUT2D eigenvalue weighted by Crippen LogP contribution is -2.31. The molecule has 1 aromatic rings. The fourth-order valence-corrected chi connectivity index (χ4v) is 6.46. The second-order valence-corrected chi connectivity index (χ2v) is 13.5. The van der Waals surface area contributed by atoms with Crippen LogP contribution in [-0.4, -0.2) is 64.4 Å². The van der Waals surface area contributed by atoms with Crippen LogP contribution in [0.4, 0.5) is 0 Å². The lowest BCUT2D eigenvalue weighted by atomic mass is 9.89. The number of hydrogen-bond acceptors (Lipinski definition) is 8. The molecule has 10 heteroatoms. The molecule has 0 bridgehead atoms. The standard InChI is InChI=1S/C33H47NO8S/c1-43(37,38)34-31(36)16-8-3-2-7-15-28-27(29(35)24-30(28)42-33-18-10-12-22-40-33)20-19-26(23-25-13-5-4-6-14-25)41-32-17-9-11-21-39-32/h2,4-7,13-14,19-20,26-28,30,32-33H,3,8-12,15-18,21-24H2,1H3,(H,34,36)/b7-2-,20-19+/t26-,27-,28-,30+,32?,33?/m1/s1. The van der Waals surface area contributed by atoms with Gasteiger partial charge in [-0.2, -0.15) is 0 Å². The minimum atomic E-state index is -3.55. The highest BCUT2D eigenvalue weighted by Crippen LogP contribution is 2.37. The van der Waals surface area contributed by atoms with Crippen LogP contribution in [0.15, 0.2) is 54.6 Å². The van der Waals surface area contributed by atoms with Gasteiger partial charge in [-0.25, -0.2) is 8.42 Å². The molecule has 43 heavy (non-hydrogen) atoms. The Bertz CT molecular complexity index is 1170. The van der Waals surface area contributed by atoms with E-state index in [1.165, 1.54) is 0 Å². The fourth-order valence-electron chi connectivity index (χ4n) is 5.94. The van der Waals surface area contributed by atoms with Crippen LogP contribution >= 0.6 is 0 Å². The van der Waals surface area contributed by atoms with Crippen molar-refractivity contribution in [1.82, 2.24) is 4.72 Å². The van der Waals surface area contributed by atoms with Gasteiger partial charge in [0.25, 0.3) is 0 Å². The number of Topliss-reactive ketones (excluding diaryl/α,β-unsaturated/α-hetero) is 1. The summed E-state index contributed by atoms with van der Waals surface area (Å²) in [6, 6.07) is 10.2. The lowest BCUT2D eigenvalue weighted by molar-refractivity contribution is -0.195. The Labute approximate surface area is 256 Å². The fraction of sp³-hybridized carbons (Fsp3) is 0.636. The summed E-state index contributed by atoms with van der Waals surface area (Å²) in [5.74, 6) is -0.718. The van der Waals surface area contributed by atoms with Crippen molar-refractivity contribution in [3.8, 4) is 0 Å². The van der Waals surface area contributed by atoms with Crippen molar-refractivity contribution >= 4 is 21.7 Å². The van der Waals surface area contributed by atoms with Gasteiger partial charge in [0.15, 0.2) is 12.6 Å². The molecule has 1 aromatic carbocycles. The molecule has 2 saturated heterocycles. The first kappa shape index (κ1) is 33.5. The molecule has 2 unspecified atom stereocenters. The molecule has 4 rings (SSSR count). The maximum atomic E-state index is 13.4. The van der Waals surface area contributed by atoms with Crippen molar-refractivity contribution in [2.45, 2.75) is 102 Å². The minimum absolute atomic E-state index is 0.0534. The number of unbranched alkanes of at least 4 members (excludes halogenated alkanes) is 1. The third kappa shape index (κ3) is 11.9. The Kier molecular flexibility index (Phi) is 13.4. The molecule has 3 aliphatic rings. The van der Waals surface area contributed by atoms with Crippen LogP contribution < -0.4 is 4.72 Å². The van der Waals surface area contributed by atoms with Gasteiger partial charge in [-0.05, 0) is 63.4 Å². The van der Waals surface area contributed by atoms with Gasteiger partial charge in [-0.15, -0.1) is 0 Å². The quantitative estimate of drug-likeness (QED) is 0.216. The van der Waals surface area contributed by atoms with E-state index < -0.39 is 15.9 Å². The highest BCUT2D eigenvalue weighted by atomic mass is 32.2. The van der Waals surface area contributed by atoms with Gasteiger partial charge in [-0.3, -0.25) is 14.3 Å². The molecule has 0 aromatic heterocycles. The molecule has 1 N–H and O–H groups in total. The molecule has 0 spiro atoms. The number of rotatable bonds is 15. The number of ketones is 1. The van der Waals surface area contributed by atoms with Crippen LogP contribution in [0.2, 0.25) is 0 Å². The zero-order valence-corrected chi connectivity index (χ0v) is 26.1. The average molecular weight is 618 g/mol. The molecule has 1 saturated carbocycles. The van der Waals surface area contributed by atoms with Gasteiger partial charge < -0.3 is 18.9 Å². The minimum Gasteiger partial charge on any atom is -0.353 e. The Morgan fingerprint density at radius 1 is 1.05 bits per heavy atom. The van der Waals surface area contributed by atoms with Crippen molar-refractivity contribution in [3.63, 3.8) is 0 Å². The van der Waals surface area contributed by atoms with Gasteiger partial charge in [0, 0.05) is 44.3 Å². The zero-order valence-electron chi connectivity index (χ0n) is 25.2. The monoisotopic (exact) mass is 617 g/mol. The third-order valence-electron chi connectivity index (χ3n) is 8.10. The maximum Gasteiger partial charge on any atom is 0.233 e. The van der Waals surface area contributed by atoms with Crippen LogP contribution in [0.5, 0.6) is 0 Å². The zero-order chi connectivity index (χ0) is 30.5. The molecule has 238 valence electrons. The number of nitrogens with one attached hydrogen (secondary N) is 1. The first-order valence-electron chi connectivity index (χ1n) is 15.7. The number of amides is 1. The summed E-state index contributed by atoms with van der Waals surface area (Å²) in [6.45, 7) is 1.38. The summed E-state index contributed by atoms with van der Waals surface area (Å²) in [4.78, 5) is 25.1. The Morgan fingerprint density at radius 3 is 2.44 bits per heavy atom. The topological polar surface area (TPSA) is 117 Å². The maximum absolute atomic E-state index is 13.4. The van der Waals surface area contributed by atoms with Gasteiger partial charge in [0.1, 0.15) is 5.78 Å². The number of sulfonamides is 1. The van der Waals surface area contributed by atoms with Crippen LogP contribution in [0.3, 0.4) is 0 Å². The predicted octanol–water partition coefficient (Wildman–Crippen LogP) is 5.01. The summed E-state index contributed by atoms with van der Waals surface area (Å²) in [5, 5.41) is 0. The SMILES string of the molecule is CS(=O)(=O)NC(=O)CCC/C=C\C[C@H]1[C@@H](OC2CCCCO2)CC(=O)[C@@H]1/C=C/[C@H](Cc1ccccc1)OC1CCCCO1. The molecule has 9 nitrogen and oxygen atoms in total. The second kappa shape index (κ2) is 17.2. The van der Waals surface area contributed by atoms with E-state index in [4.69, 9.17) is 18.9 Å². The van der Waals surface area contributed by atoms with Gasteiger partial charge in [-0.1, -0.05) is 54.6 Å². The van der Waals surface area contributed by atoms with Crippen LogP contribution in [0.1, 0.15) is 76.2 Å². The van der Waals surface area contributed by atoms with E-state index in [-0.39, 0.29) is 48.8 Å². The molecule has 0 radical (unpaired) electrons. The van der Waals surface area contributed by atoms with Crippen LogP contribution in [0, 0.1) is 11.8 Å². The van der Waals surface area contributed by atoms with Gasteiger partial charge in [0.2, 0.25) is 15.9 Å². The number of hydrogen-bond donors (Lipinski definition) is 1. The summed E-state index contributed by atoms with van der Waals surface area (Å²) < 4.78 is 48.9. The number of carbonyl (C=O) groups excluding carboxylic acids is 2. The first-order chi connectivity index (χ1) is 20.8. The van der Waals surface area contributed by atoms with Crippen molar-refractivity contribution in [2.75, 3.05) is 19.5 Å². The Balaban J connectivity index is 1.42. The van der Waals surface area contributed by atoms with E-state index in [9.17, 15) is 18.0 Å². The molecule has 2 aliphatic heterocycles. The highest BCUT2D eigenvalue weighted by molar-refractivity contribution is 7.89. The molecule has 1 amide bonds. The number of carbonyl (C=O) groups is 2. The van der Waals surface area contributed by atoms with E-state index in [0.717, 1.165) is 50.3 Å². The van der Waals surface area contributed by atoms with Crippen molar-refractivity contribution in [1.29, 1.82) is 0 Å². The molecule has 3 fully saturated rings. The van der Waals surface area contributed by atoms with E-state index >= 15 is 0 Å². The van der Waals surface area contributed by atoms with E-state index in [1.54, 1.807) is 0 Å². The smallest absolute Gasteiger partial charge is 0.233 e. The molecule has 1 aliphatic carbocycles. The molecular weight excluding hydrogens is 570 g/mol. The summed E-state index contributed by atoms with van der Waals surface area (Å²) in [7, 11) is -3.55. The normalized spacial score (nSPS) is 27.6. The largest absolute Gasteiger partial charge is 0.353 e. The Hall–Kier alpha value is -2.37. The van der Waals surface area contributed by atoms with Crippen molar-refractivity contribution in [3.05, 3.63) is 60.2 Å². The van der Waals surface area contributed by atoms with Crippen LogP contribution in [0.25, 0.3) is 0 Å². The van der Waals surface area contributed by atoms with Crippen molar-refractivity contribution < 1.29 is 37.0 Å². The molecule has 6 atom stereocenters. The summed E-state index contributed by atoms with van der Waals surface area (Å²) in [6.07, 6.45) is 16.9. The van der Waals surface area contributed by atoms with Gasteiger partial charge >= 0.3 is 0 Å². The first-order valence-corrected chi connectivity index (χ1v) is 17.6. The lowest BCUT2D eigenvalue weighted by Gasteiger charge is -2.29. The van der Waals surface area contributed by atoms with E-state index in [2.05, 4.69) is 12.1 Å². The average Bonchev–Trinajstić information content (AvgIpc) is 3.27.